The fourth-order valence-corrected chi connectivity index (χ4v) is 3.81. The van der Waals surface area contributed by atoms with Crippen molar-refractivity contribution in [2.45, 2.75) is 39.7 Å². The van der Waals surface area contributed by atoms with E-state index in [4.69, 9.17) is 4.99 Å². The normalized spacial score (nSPS) is 21.0. The van der Waals surface area contributed by atoms with Gasteiger partial charge in [-0.25, -0.2) is 0 Å². The predicted octanol–water partition coefficient (Wildman–Crippen LogP) is 3.28. The first-order chi connectivity index (χ1) is 12.7. The van der Waals surface area contributed by atoms with Gasteiger partial charge in [0.15, 0.2) is 5.96 Å². The van der Waals surface area contributed by atoms with Gasteiger partial charge in [0.05, 0.1) is 19.3 Å². The maximum absolute atomic E-state index is 4.84. The van der Waals surface area contributed by atoms with Gasteiger partial charge in [-0.15, -0.1) is 0 Å². The lowest BCUT2D eigenvalue weighted by Crippen LogP contribution is -2.48. The zero-order valence-corrected chi connectivity index (χ0v) is 16.2. The Morgan fingerprint density at radius 1 is 1.31 bits per heavy atom. The van der Waals surface area contributed by atoms with E-state index in [1.165, 1.54) is 17.5 Å². The van der Waals surface area contributed by atoms with Crippen LogP contribution in [0, 0.1) is 12.8 Å². The number of nitrogens with one attached hydrogen (secondary N) is 1. The first kappa shape index (κ1) is 18.5. The third-order valence-corrected chi connectivity index (χ3v) is 5.12. The molecule has 2 heterocycles. The summed E-state index contributed by atoms with van der Waals surface area (Å²) in [7, 11) is 0. The topological polar surface area (TPSA) is 45.5 Å². The molecule has 1 aliphatic heterocycles. The van der Waals surface area contributed by atoms with Gasteiger partial charge in [-0.05, 0) is 43.2 Å². The Hall–Kier alpha value is -2.30. The lowest BCUT2D eigenvalue weighted by Gasteiger charge is -2.39. The van der Waals surface area contributed by atoms with Crippen molar-refractivity contribution in [1.29, 1.82) is 0 Å². The first-order valence-corrected chi connectivity index (χ1v) is 9.74. The molecular formula is C21H31N5. The van der Waals surface area contributed by atoms with E-state index >= 15 is 0 Å². The van der Waals surface area contributed by atoms with Gasteiger partial charge >= 0.3 is 0 Å². The average molecular weight is 354 g/mol. The number of aliphatic imine (C=N–C) groups is 1. The quantitative estimate of drug-likeness (QED) is 0.663. The number of hydrogen-bond donors (Lipinski definition) is 1. The minimum atomic E-state index is 0.615. The Balaban J connectivity index is 1.60. The third-order valence-electron chi connectivity index (χ3n) is 5.12. The van der Waals surface area contributed by atoms with Crippen molar-refractivity contribution in [1.82, 2.24) is 20.0 Å². The molecule has 0 aliphatic carbocycles. The molecule has 0 saturated carbocycles. The van der Waals surface area contributed by atoms with Crippen LogP contribution in [0.1, 0.15) is 37.3 Å². The molecule has 5 heteroatoms. The molecular weight excluding hydrogens is 322 g/mol. The van der Waals surface area contributed by atoms with Crippen LogP contribution in [0.15, 0.2) is 47.7 Å². The maximum Gasteiger partial charge on any atom is 0.193 e. The van der Waals surface area contributed by atoms with Crippen molar-refractivity contribution in [2.24, 2.45) is 10.9 Å². The van der Waals surface area contributed by atoms with Crippen LogP contribution in [0.2, 0.25) is 0 Å². The summed E-state index contributed by atoms with van der Waals surface area (Å²) in [6.45, 7) is 11.1. The van der Waals surface area contributed by atoms with Crippen molar-refractivity contribution >= 4 is 5.96 Å². The van der Waals surface area contributed by atoms with Crippen molar-refractivity contribution in [3.8, 4) is 0 Å². The summed E-state index contributed by atoms with van der Waals surface area (Å²) in [4.78, 5) is 7.26. The maximum atomic E-state index is 4.84. The van der Waals surface area contributed by atoms with E-state index in [-0.39, 0.29) is 0 Å². The molecule has 0 amide bonds. The van der Waals surface area contributed by atoms with Crippen LogP contribution in [-0.2, 0) is 6.54 Å². The molecule has 1 fully saturated rings. The van der Waals surface area contributed by atoms with Gasteiger partial charge in [0, 0.05) is 25.8 Å². The zero-order valence-electron chi connectivity index (χ0n) is 16.2. The van der Waals surface area contributed by atoms with Gasteiger partial charge < -0.3 is 10.2 Å². The van der Waals surface area contributed by atoms with E-state index in [0.29, 0.717) is 11.8 Å². The number of aromatic nitrogens is 2. The lowest BCUT2D eigenvalue weighted by molar-refractivity contribution is 0.234. The predicted molar refractivity (Wildman–Crippen MR) is 107 cm³/mol. The van der Waals surface area contributed by atoms with Gasteiger partial charge in [-0.3, -0.25) is 9.67 Å². The van der Waals surface area contributed by atoms with Crippen LogP contribution in [0.3, 0.4) is 0 Å². The number of likely N-dealkylation sites (tertiary alicyclic amines) is 1. The molecule has 1 aromatic carbocycles. The van der Waals surface area contributed by atoms with Crippen LogP contribution in [0.4, 0.5) is 0 Å². The number of benzene rings is 1. The summed E-state index contributed by atoms with van der Waals surface area (Å²) in [6, 6.07) is 10.9. The second-order valence-corrected chi connectivity index (χ2v) is 7.25. The molecule has 2 aromatic rings. The van der Waals surface area contributed by atoms with Crippen LogP contribution < -0.4 is 5.32 Å². The highest BCUT2D eigenvalue weighted by molar-refractivity contribution is 5.80. The van der Waals surface area contributed by atoms with E-state index in [2.05, 4.69) is 72.6 Å². The number of rotatable bonds is 5. The summed E-state index contributed by atoms with van der Waals surface area (Å²) >= 11 is 0. The molecule has 1 N–H and O–H groups in total. The molecule has 1 aliphatic rings. The largest absolute Gasteiger partial charge is 0.357 e. The Bertz CT molecular complexity index is 706. The highest BCUT2D eigenvalue weighted by Crippen LogP contribution is 2.32. The molecule has 2 unspecified atom stereocenters. The zero-order chi connectivity index (χ0) is 18.4. The summed E-state index contributed by atoms with van der Waals surface area (Å²) in [5, 5.41) is 7.81. The van der Waals surface area contributed by atoms with Crippen molar-refractivity contribution < 1.29 is 0 Å². The molecule has 0 bridgehead atoms. The Morgan fingerprint density at radius 2 is 2.12 bits per heavy atom. The molecule has 140 valence electrons. The Labute approximate surface area is 157 Å². The van der Waals surface area contributed by atoms with Gasteiger partial charge in [-0.1, -0.05) is 37.3 Å². The Kier molecular flexibility index (Phi) is 6.31. The number of aryl methyl sites for hydroxylation is 1. The van der Waals surface area contributed by atoms with Crippen molar-refractivity contribution in [2.75, 3.05) is 26.2 Å². The molecule has 0 spiro atoms. The molecule has 1 aromatic heterocycles. The molecule has 0 radical (unpaired) electrons. The number of nitrogens with zero attached hydrogens (tertiary/aromatic N) is 4. The minimum absolute atomic E-state index is 0.615. The summed E-state index contributed by atoms with van der Waals surface area (Å²) in [5.41, 5.74) is 2.66. The smallest absolute Gasteiger partial charge is 0.193 e. The highest BCUT2D eigenvalue weighted by atomic mass is 15.3. The standard InChI is InChI=1S/C21H31N5/c1-4-22-21(23-11-13-26-15-17(2)14-24-26)25-12-10-20(18(3)16-25)19-8-6-5-7-9-19/h5-9,14-15,18,20H,4,10-13,16H2,1-3H3,(H,22,23). The van der Waals surface area contributed by atoms with E-state index in [9.17, 15) is 0 Å². The number of piperidine rings is 1. The Morgan fingerprint density at radius 3 is 2.77 bits per heavy atom. The minimum Gasteiger partial charge on any atom is -0.357 e. The van der Waals surface area contributed by atoms with Gasteiger partial charge in [0.2, 0.25) is 0 Å². The van der Waals surface area contributed by atoms with Crippen LogP contribution in [0.5, 0.6) is 0 Å². The molecule has 2 atom stereocenters. The van der Waals surface area contributed by atoms with E-state index in [1.54, 1.807) is 0 Å². The molecule has 1 saturated heterocycles. The fourth-order valence-electron chi connectivity index (χ4n) is 3.81. The number of hydrogen-bond acceptors (Lipinski definition) is 2. The van der Waals surface area contributed by atoms with Crippen LogP contribution in [-0.4, -0.2) is 46.8 Å². The van der Waals surface area contributed by atoms with E-state index in [0.717, 1.165) is 38.7 Å². The average Bonchev–Trinajstić information content (AvgIpc) is 3.07. The SMILES string of the molecule is CCNC(=NCCn1cc(C)cn1)N1CCC(c2ccccc2)C(C)C1. The summed E-state index contributed by atoms with van der Waals surface area (Å²) < 4.78 is 1.96. The monoisotopic (exact) mass is 353 g/mol. The second-order valence-electron chi connectivity index (χ2n) is 7.25. The first-order valence-electron chi connectivity index (χ1n) is 9.74. The van der Waals surface area contributed by atoms with Gasteiger partial charge in [-0.2, -0.15) is 5.10 Å². The van der Waals surface area contributed by atoms with E-state index in [1.807, 2.05) is 10.9 Å². The lowest BCUT2D eigenvalue weighted by atomic mass is 9.82. The molecule has 5 nitrogen and oxygen atoms in total. The molecule has 26 heavy (non-hydrogen) atoms. The second kappa shape index (κ2) is 8.88. The fraction of sp³-hybridized carbons (Fsp3) is 0.524. The van der Waals surface area contributed by atoms with Crippen LogP contribution in [0.25, 0.3) is 0 Å². The summed E-state index contributed by atoms with van der Waals surface area (Å²) in [6.07, 6.45) is 5.13. The van der Waals surface area contributed by atoms with Gasteiger partial charge in [0.25, 0.3) is 0 Å². The summed E-state index contributed by atoms with van der Waals surface area (Å²) in [5.74, 6) is 2.29. The molecule has 3 rings (SSSR count). The van der Waals surface area contributed by atoms with Crippen molar-refractivity contribution in [3.63, 3.8) is 0 Å². The third kappa shape index (κ3) is 4.65. The van der Waals surface area contributed by atoms with E-state index < -0.39 is 0 Å². The number of guanidine groups is 1. The van der Waals surface area contributed by atoms with Crippen LogP contribution >= 0.6 is 0 Å². The highest BCUT2D eigenvalue weighted by Gasteiger charge is 2.28. The van der Waals surface area contributed by atoms with Gasteiger partial charge in [0.1, 0.15) is 0 Å². The van der Waals surface area contributed by atoms with Crippen molar-refractivity contribution in [3.05, 3.63) is 53.9 Å².